The molecule has 0 saturated carbocycles. The molecule has 2 aromatic rings. The smallest absolute Gasteiger partial charge is 0.266 e. The normalized spacial score (nSPS) is 10.5. The van der Waals surface area contributed by atoms with Gasteiger partial charge in [0.05, 0.1) is 12.2 Å². The number of hydrogen-bond donors (Lipinski definition) is 0. The van der Waals surface area contributed by atoms with E-state index in [-0.39, 0.29) is 5.56 Å². The van der Waals surface area contributed by atoms with Crippen molar-refractivity contribution in [1.29, 1.82) is 0 Å². The summed E-state index contributed by atoms with van der Waals surface area (Å²) in [7, 11) is 0. The van der Waals surface area contributed by atoms with Crippen molar-refractivity contribution in [3.05, 3.63) is 39.3 Å². The second-order valence-corrected chi connectivity index (χ2v) is 4.55. The van der Waals surface area contributed by atoms with Gasteiger partial charge < -0.3 is 0 Å². The van der Waals surface area contributed by atoms with Crippen molar-refractivity contribution in [3.8, 4) is 11.3 Å². The Morgan fingerprint density at radius 1 is 1.40 bits per heavy atom. The second kappa shape index (κ2) is 4.72. The second-order valence-electron chi connectivity index (χ2n) is 2.98. The van der Waals surface area contributed by atoms with Gasteiger partial charge in [-0.2, -0.15) is 16.4 Å². The number of hydrogen-bond acceptors (Lipinski definition) is 3. The van der Waals surface area contributed by atoms with Gasteiger partial charge in [0.15, 0.2) is 0 Å². The van der Waals surface area contributed by atoms with Crippen molar-refractivity contribution in [2.45, 2.75) is 6.54 Å². The summed E-state index contributed by atoms with van der Waals surface area (Å²) >= 11 is 4.92. The molecule has 0 radical (unpaired) electrons. The zero-order valence-electron chi connectivity index (χ0n) is 7.89. The number of alkyl halides is 1. The molecule has 0 fully saturated rings. The zero-order chi connectivity index (χ0) is 10.7. The predicted octanol–water partition coefficient (Wildman–Crippen LogP) is 2.37. The Balaban J connectivity index is 2.43. The Hall–Kier alpha value is -0.940. The van der Waals surface area contributed by atoms with Crippen LogP contribution in [0.4, 0.5) is 0 Å². The highest BCUT2D eigenvalue weighted by molar-refractivity contribution is 9.09. The first kappa shape index (κ1) is 10.6. The molecule has 15 heavy (non-hydrogen) atoms. The van der Waals surface area contributed by atoms with Crippen LogP contribution in [-0.4, -0.2) is 15.1 Å². The molecule has 0 N–H and O–H groups in total. The van der Waals surface area contributed by atoms with E-state index in [1.54, 1.807) is 23.5 Å². The molecule has 0 atom stereocenters. The Morgan fingerprint density at radius 3 is 2.93 bits per heavy atom. The summed E-state index contributed by atoms with van der Waals surface area (Å²) in [5.74, 6) is 0. The van der Waals surface area contributed by atoms with Gasteiger partial charge >= 0.3 is 0 Å². The molecule has 0 amide bonds. The highest BCUT2D eigenvalue weighted by Crippen LogP contribution is 2.18. The lowest BCUT2D eigenvalue weighted by Gasteiger charge is -2.03. The Bertz CT molecular complexity index is 492. The number of thiophene rings is 1. The van der Waals surface area contributed by atoms with Crippen molar-refractivity contribution < 1.29 is 0 Å². The van der Waals surface area contributed by atoms with E-state index in [0.29, 0.717) is 6.54 Å². The first-order valence-corrected chi connectivity index (χ1v) is 6.54. The van der Waals surface area contributed by atoms with E-state index in [4.69, 9.17) is 0 Å². The number of aromatic nitrogens is 2. The molecule has 0 bridgehead atoms. The molecule has 0 aromatic carbocycles. The molecular formula is C10H9BrN2OS. The third-order valence-electron chi connectivity index (χ3n) is 1.98. The van der Waals surface area contributed by atoms with E-state index < -0.39 is 0 Å². The summed E-state index contributed by atoms with van der Waals surface area (Å²) < 4.78 is 1.47. The van der Waals surface area contributed by atoms with E-state index in [9.17, 15) is 4.79 Å². The Labute approximate surface area is 99.5 Å². The molecule has 5 heteroatoms. The van der Waals surface area contributed by atoms with Crippen LogP contribution < -0.4 is 5.56 Å². The molecule has 0 spiro atoms. The van der Waals surface area contributed by atoms with Gasteiger partial charge in [-0.15, -0.1) is 0 Å². The number of halogens is 1. The van der Waals surface area contributed by atoms with Crippen LogP contribution in [0.1, 0.15) is 0 Å². The molecule has 78 valence electrons. The number of rotatable bonds is 3. The summed E-state index contributed by atoms with van der Waals surface area (Å²) in [5, 5.41) is 9.03. The van der Waals surface area contributed by atoms with Crippen molar-refractivity contribution in [2.24, 2.45) is 0 Å². The fourth-order valence-corrected chi connectivity index (χ4v) is 2.24. The molecule has 0 unspecified atom stereocenters. The summed E-state index contributed by atoms with van der Waals surface area (Å²) in [4.78, 5) is 11.4. The van der Waals surface area contributed by atoms with Crippen LogP contribution in [0, 0.1) is 0 Å². The fraction of sp³-hybridized carbons (Fsp3) is 0.200. The van der Waals surface area contributed by atoms with Crippen LogP contribution in [0.2, 0.25) is 0 Å². The van der Waals surface area contributed by atoms with Crippen molar-refractivity contribution in [3.63, 3.8) is 0 Å². The maximum absolute atomic E-state index is 11.4. The predicted molar refractivity (Wildman–Crippen MR) is 65.6 cm³/mol. The quantitative estimate of drug-likeness (QED) is 0.811. The Kier molecular flexibility index (Phi) is 3.33. The van der Waals surface area contributed by atoms with E-state index in [2.05, 4.69) is 21.0 Å². The van der Waals surface area contributed by atoms with Crippen LogP contribution in [0.3, 0.4) is 0 Å². The minimum Gasteiger partial charge on any atom is -0.268 e. The largest absolute Gasteiger partial charge is 0.268 e. The molecule has 2 heterocycles. The minimum atomic E-state index is -0.0616. The van der Waals surface area contributed by atoms with Crippen LogP contribution in [0.25, 0.3) is 11.3 Å². The maximum atomic E-state index is 11.4. The van der Waals surface area contributed by atoms with Gasteiger partial charge in [-0.05, 0) is 17.5 Å². The van der Waals surface area contributed by atoms with Gasteiger partial charge in [0.25, 0.3) is 5.56 Å². The SMILES string of the molecule is O=c1ccc(-c2ccsc2)nn1CCBr. The molecule has 2 rings (SSSR count). The van der Waals surface area contributed by atoms with Crippen LogP contribution in [0.15, 0.2) is 33.8 Å². The van der Waals surface area contributed by atoms with Gasteiger partial charge in [0, 0.05) is 22.3 Å². The maximum Gasteiger partial charge on any atom is 0.266 e. The fourth-order valence-electron chi connectivity index (χ4n) is 1.25. The van der Waals surface area contributed by atoms with Gasteiger partial charge in [-0.3, -0.25) is 4.79 Å². The van der Waals surface area contributed by atoms with Crippen molar-refractivity contribution in [2.75, 3.05) is 5.33 Å². The zero-order valence-corrected chi connectivity index (χ0v) is 10.3. The van der Waals surface area contributed by atoms with Gasteiger partial charge in [-0.25, -0.2) is 4.68 Å². The molecule has 0 aliphatic rings. The minimum absolute atomic E-state index is 0.0616. The molecule has 3 nitrogen and oxygen atoms in total. The summed E-state index contributed by atoms with van der Waals surface area (Å²) in [5.41, 5.74) is 1.84. The van der Waals surface area contributed by atoms with Crippen molar-refractivity contribution >= 4 is 27.3 Å². The Morgan fingerprint density at radius 2 is 2.27 bits per heavy atom. The molecule has 2 aromatic heterocycles. The molecule has 0 saturated heterocycles. The van der Waals surface area contributed by atoms with Crippen LogP contribution in [-0.2, 0) is 6.54 Å². The van der Waals surface area contributed by atoms with E-state index in [1.807, 2.05) is 16.8 Å². The van der Waals surface area contributed by atoms with E-state index in [0.717, 1.165) is 16.6 Å². The number of aryl methyl sites for hydroxylation is 1. The summed E-state index contributed by atoms with van der Waals surface area (Å²) in [6, 6.07) is 5.31. The van der Waals surface area contributed by atoms with Gasteiger partial charge in [-0.1, -0.05) is 15.9 Å². The third-order valence-corrected chi connectivity index (χ3v) is 3.02. The summed E-state index contributed by atoms with van der Waals surface area (Å²) in [6.07, 6.45) is 0. The lowest BCUT2D eigenvalue weighted by atomic mass is 10.2. The average molecular weight is 285 g/mol. The monoisotopic (exact) mass is 284 g/mol. The topological polar surface area (TPSA) is 34.9 Å². The first-order chi connectivity index (χ1) is 7.31. The average Bonchev–Trinajstić information content (AvgIpc) is 2.75. The standard InChI is InChI=1S/C10H9BrN2OS/c11-4-5-13-10(14)2-1-9(12-13)8-3-6-15-7-8/h1-3,6-7H,4-5H2. The third kappa shape index (κ3) is 2.35. The first-order valence-electron chi connectivity index (χ1n) is 4.48. The van der Waals surface area contributed by atoms with E-state index in [1.165, 1.54) is 4.68 Å². The molecule has 0 aliphatic heterocycles. The number of nitrogens with zero attached hydrogens (tertiary/aromatic N) is 2. The molecular weight excluding hydrogens is 276 g/mol. The highest BCUT2D eigenvalue weighted by Gasteiger charge is 2.02. The lowest BCUT2D eigenvalue weighted by Crippen LogP contribution is -2.22. The lowest BCUT2D eigenvalue weighted by molar-refractivity contribution is 0.627. The highest BCUT2D eigenvalue weighted by atomic mass is 79.9. The van der Waals surface area contributed by atoms with E-state index >= 15 is 0 Å². The van der Waals surface area contributed by atoms with Gasteiger partial charge in [0.1, 0.15) is 0 Å². The van der Waals surface area contributed by atoms with Crippen molar-refractivity contribution in [1.82, 2.24) is 9.78 Å². The van der Waals surface area contributed by atoms with Crippen LogP contribution >= 0.6 is 27.3 Å². The summed E-state index contributed by atoms with van der Waals surface area (Å²) in [6.45, 7) is 0.594. The molecule has 0 aliphatic carbocycles. The van der Waals surface area contributed by atoms with Crippen LogP contribution in [0.5, 0.6) is 0 Å². The van der Waals surface area contributed by atoms with Gasteiger partial charge in [0.2, 0.25) is 0 Å².